The van der Waals surface area contributed by atoms with Crippen LogP contribution in [0.2, 0.25) is 0 Å². The molecule has 2 rings (SSSR count). The van der Waals surface area contributed by atoms with Gasteiger partial charge in [0.05, 0.1) is 18.4 Å². The first-order chi connectivity index (χ1) is 9.11. The Bertz CT molecular complexity index is 473. The van der Waals surface area contributed by atoms with Gasteiger partial charge in [-0.2, -0.15) is 0 Å². The SMILES string of the molecule is COC(=O)c1cc(NCCCC2CC2)c(F)cc1N. The van der Waals surface area contributed by atoms with E-state index in [1.54, 1.807) is 0 Å². The summed E-state index contributed by atoms with van der Waals surface area (Å²) < 4.78 is 18.3. The number of carbonyl (C=O) groups excluding carboxylic acids is 1. The molecule has 0 aliphatic heterocycles. The van der Waals surface area contributed by atoms with E-state index in [9.17, 15) is 9.18 Å². The predicted molar refractivity (Wildman–Crippen MR) is 72.6 cm³/mol. The summed E-state index contributed by atoms with van der Waals surface area (Å²) in [5.41, 5.74) is 6.18. The normalized spacial score (nSPS) is 14.2. The molecular formula is C14H19FN2O2. The van der Waals surface area contributed by atoms with Gasteiger partial charge in [0, 0.05) is 12.2 Å². The van der Waals surface area contributed by atoms with E-state index in [4.69, 9.17) is 5.73 Å². The maximum absolute atomic E-state index is 13.7. The zero-order chi connectivity index (χ0) is 13.8. The molecule has 19 heavy (non-hydrogen) atoms. The van der Waals surface area contributed by atoms with Crippen LogP contribution in [0, 0.1) is 11.7 Å². The Labute approximate surface area is 112 Å². The van der Waals surface area contributed by atoms with Gasteiger partial charge < -0.3 is 15.8 Å². The van der Waals surface area contributed by atoms with Gasteiger partial charge in [-0.1, -0.05) is 12.8 Å². The molecule has 5 heteroatoms. The van der Waals surface area contributed by atoms with Gasteiger partial charge in [-0.3, -0.25) is 0 Å². The van der Waals surface area contributed by atoms with Crippen LogP contribution in [0.25, 0.3) is 0 Å². The molecule has 0 unspecified atom stereocenters. The molecule has 1 aliphatic rings. The van der Waals surface area contributed by atoms with Crippen molar-refractivity contribution in [3.63, 3.8) is 0 Å². The molecule has 1 aromatic rings. The second-order valence-corrected chi connectivity index (χ2v) is 4.92. The molecule has 0 atom stereocenters. The van der Waals surface area contributed by atoms with Crippen molar-refractivity contribution in [2.45, 2.75) is 25.7 Å². The minimum Gasteiger partial charge on any atom is -0.465 e. The Balaban J connectivity index is 1.99. The summed E-state index contributed by atoms with van der Waals surface area (Å²) >= 11 is 0. The van der Waals surface area contributed by atoms with E-state index in [1.165, 1.54) is 32.4 Å². The number of nitrogens with two attached hydrogens (primary N) is 1. The number of nitrogens with one attached hydrogen (secondary N) is 1. The van der Waals surface area contributed by atoms with Crippen LogP contribution in [0.1, 0.15) is 36.0 Å². The van der Waals surface area contributed by atoms with Crippen LogP contribution in [0.4, 0.5) is 15.8 Å². The Morgan fingerprint density at radius 3 is 2.89 bits per heavy atom. The summed E-state index contributed by atoms with van der Waals surface area (Å²) in [4.78, 5) is 11.5. The van der Waals surface area contributed by atoms with Gasteiger partial charge >= 0.3 is 5.97 Å². The van der Waals surface area contributed by atoms with Crippen LogP contribution in [0.3, 0.4) is 0 Å². The predicted octanol–water partition coefficient (Wildman–Crippen LogP) is 2.80. The fraction of sp³-hybridized carbons (Fsp3) is 0.500. The molecule has 3 N–H and O–H groups in total. The average molecular weight is 266 g/mol. The van der Waals surface area contributed by atoms with Crippen molar-refractivity contribution in [1.29, 1.82) is 0 Å². The highest BCUT2D eigenvalue weighted by Crippen LogP contribution is 2.33. The van der Waals surface area contributed by atoms with Gasteiger partial charge in [-0.05, 0) is 30.9 Å². The van der Waals surface area contributed by atoms with Gasteiger partial charge in [0.2, 0.25) is 0 Å². The Kier molecular flexibility index (Phi) is 4.24. The van der Waals surface area contributed by atoms with Crippen molar-refractivity contribution in [3.8, 4) is 0 Å². The zero-order valence-corrected chi connectivity index (χ0v) is 11.0. The number of anilines is 2. The maximum atomic E-state index is 13.7. The van der Waals surface area contributed by atoms with E-state index in [-0.39, 0.29) is 11.3 Å². The molecule has 0 saturated heterocycles. The standard InChI is InChI=1S/C14H19FN2O2/c1-19-14(18)10-7-13(11(15)8-12(10)16)17-6-2-3-9-4-5-9/h7-9,17H,2-6,16H2,1H3. The smallest absolute Gasteiger partial charge is 0.340 e. The monoisotopic (exact) mass is 266 g/mol. The molecule has 4 nitrogen and oxygen atoms in total. The highest BCUT2D eigenvalue weighted by Gasteiger charge is 2.20. The molecule has 0 heterocycles. The van der Waals surface area contributed by atoms with Gasteiger partial charge in [0.25, 0.3) is 0 Å². The van der Waals surface area contributed by atoms with E-state index in [1.807, 2.05) is 0 Å². The van der Waals surface area contributed by atoms with Gasteiger partial charge in [-0.15, -0.1) is 0 Å². The summed E-state index contributed by atoms with van der Waals surface area (Å²) in [7, 11) is 1.27. The van der Waals surface area contributed by atoms with Crippen molar-refractivity contribution in [3.05, 3.63) is 23.5 Å². The van der Waals surface area contributed by atoms with Crippen molar-refractivity contribution in [2.24, 2.45) is 5.92 Å². The summed E-state index contributed by atoms with van der Waals surface area (Å²) in [6, 6.07) is 2.56. The lowest BCUT2D eigenvalue weighted by Crippen LogP contribution is -2.10. The fourth-order valence-corrected chi connectivity index (χ4v) is 2.03. The number of ether oxygens (including phenoxy) is 1. The minimum atomic E-state index is -0.557. The van der Waals surface area contributed by atoms with Crippen LogP contribution in [-0.4, -0.2) is 19.6 Å². The molecule has 0 radical (unpaired) electrons. The fourth-order valence-electron chi connectivity index (χ4n) is 2.03. The van der Waals surface area contributed by atoms with Gasteiger partial charge in [-0.25, -0.2) is 9.18 Å². The van der Waals surface area contributed by atoms with Crippen molar-refractivity contribution in [1.82, 2.24) is 0 Å². The molecule has 1 saturated carbocycles. The number of rotatable bonds is 6. The molecular weight excluding hydrogens is 247 g/mol. The molecule has 1 aliphatic carbocycles. The first-order valence-electron chi connectivity index (χ1n) is 6.53. The summed E-state index contributed by atoms with van der Waals surface area (Å²) in [6.45, 7) is 0.692. The second kappa shape index (κ2) is 5.91. The zero-order valence-electron chi connectivity index (χ0n) is 11.0. The maximum Gasteiger partial charge on any atom is 0.340 e. The van der Waals surface area contributed by atoms with Crippen molar-refractivity contribution < 1.29 is 13.9 Å². The lowest BCUT2D eigenvalue weighted by Gasteiger charge is -2.11. The number of benzene rings is 1. The van der Waals surface area contributed by atoms with Crippen LogP contribution < -0.4 is 11.1 Å². The third-order valence-corrected chi connectivity index (χ3v) is 3.35. The molecule has 0 amide bonds. The Hall–Kier alpha value is -1.78. The van der Waals surface area contributed by atoms with E-state index in [0.29, 0.717) is 12.2 Å². The lowest BCUT2D eigenvalue weighted by atomic mass is 10.1. The third-order valence-electron chi connectivity index (χ3n) is 3.35. The molecule has 0 bridgehead atoms. The van der Waals surface area contributed by atoms with Gasteiger partial charge in [0.1, 0.15) is 5.82 Å². The van der Waals surface area contributed by atoms with Crippen LogP contribution >= 0.6 is 0 Å². The highest BCUT2D eigenvalue weighted by atomic mass is 19.1. The topological polar surface area (TPSA) is 64.3 Å². The molecule has 0 spiro atoms. The van der Waals surface area contributed by atoms with Crippen molar-refractivity contribution in [2.75, 3.05) is 24.7 Å². The molecule has 104 valence electrons. The number of methoxy groups -OCH3 is 1. The van der Waals surface area contributed by atoms with Crippen LogP contribution in [-0.2, 0) is 4.74 Å². The quantitative estimate of drug-likeness (QED) is 0.472. The number of carbonyl (C=O) groups is 1. The first kappa shape index (κ1) is 13.6. The van der Waals surface area contributed by atoms with Gasteiger partial charge in [0.15, 0.2) is 0 Å². The van der Waals surface area contributed by atoms with Crippen LogP contribution in [0.5, 0.6) is 0 Å². The number of hydrogen-bond donors (Lipinski definition) is 2. The lowest BCUT2D eigenvalue weighted by molar-refractivity contribution is 0.0602. The van der Waals surface area contributed by atoms with Crippen molar-refractivity contribution >= 4 is 17.3 Å². The number of hydrogen-bond acceptors (Lipinski definition) is 4. The van der Waals surface area contributed by atoms with E-state index in [0.717, 1.165) is 18.4 Å². The number of halogens is 1. The summed E-state index contributed by atoms with van der Waals surface area (Å²) in [5.74, 6) is -0.140. The highest BCUT2D eigenvalue weighted by molar-refractivity contribution is 5.96. The van der Waals surface area contributed by atoms with Crippen LogP contribution in [0.15, 0.2) is 12.1 Å². The molecule has 0 aromatic heterocycles. The molecule has 1 aromatic carbocycles. The minimum absolute atomic E-state index is 0.0906. The Morgan fingerprint density at radius 2 is 2.26 bits per heavy atom. The number of esters is 1. The number of nitrogen functional groups attached to an aromatic ring is 1. The van der Waals surface area contributed by atoms with E-state index < -0.39 is 11.8 Å². The summed E-state index contributed by atoms with van der Waals surface area (Å²) in [5, 5.41) is 3.00. The van der Waals surface area contributed by atoms with E-state index >= 15 is 0 Å². The third kappa shape index (κ3) is 3.59. The summed E-state index contributed by atoms with van der Waals surface area (Å²) in [6.07, 6.45) is 4.82. The molecule has 1 fully saturated rings. The largest absolute Gasteiger partial charge is 0.465 e. The Morgan fingerprint density at radius 1 is 1.53 bits per heavy atom. The second-order valence-electron chi connectivity index (χ2n) is 4.92. The van der Waals surface area contributed by atoms with E-state index in [2.05, 4.69) is 10.1 Å². The first-order valence-corrected chi connectivity index (χ1v) is 6.53. The average Bonchev–Trinajstić information content (AvgIpc) is 3.20.